The first-order chi connectivity index (χ1) is 14.0. The fourth-order valence-electron chi connectivity index (χ4n) is 3.34. The van der Waals surface area contributed by atoms with E-state index in [2.05, 4.69) is 4.98 Å². The molecule has 6 nitrogen and oxygen atoms in total. The zero-order valence-electron chi connectivity index (χ0n) is 16.3. The number of esters is 1. The van der Waals surface area contributed by atoms with Crippen LogP contribution >= 0.6 is 11.3 Å². The molecule has 1 aromatic heterocycles. The molecule has 148 valence electrons. The molecule has 0 N–H and O–H groups in total. The summed E-state index contributed by atoms with van der Waals surface area (Å²) in [6, 6.07) is 15.1. The summed E-state index contributed by atoms with van der Waals surface area (Å²) < 4.78 is 10.4. The van der Waals surface area contributed by atoms with Crippen molar-refractivity contribution in [3.63, 3.8) is 0 Å². The first-order valence-corrected chi connectivity index (χ1v) is 9.95. The van der Waals surface area contributed by atoms with Gasteiger partial charge in [-0.25, -0.2) is 4.98 Å². The van der Waals surface area contributed by atoms with Crippen LogP contribution in [0.1, 0.15) is 23.5 Å². The zero-order valence-corrected chi connectivity index (χ0v) is 17.2. The average molecular weight is 408 g/mol. The highest BCUT2D eigenvalue weighted by atomic mass is 32.1. The molecule has 7 heteroatoms. The number of hydrogen-bond donors (Lipinski definition) is 0. The van der Waals surface area contributed by atoms with Gasteiger partial charge in [0.15, 0.2) is 0 Å². The third-order valence-corrected chi connectivity index (χ3v) is 5.85. The molecule has 0 bridgehead atoms. The van der Waals surface area contributed by atoms with Crippen molar-refractivity contribution in [3.8, 4) is 22.2 Å². The lowest BCUT2D eigenvalue weighted by atomic mass is 9.88. The van der Waals surface area contributed by atoms with Gasteiger partial charge in [-0.05, 0) is 42.0 Å². The topological polar surface area (TPSA) is 68.7 Å². The summed E-state index contributed by atoms with van der Waals surface area (Å²) in [7, 11) is 5.52. The van der Waals surface area contributed by atoms with Crippen LogP contribution in [-0.4, -0.2) is 32.2 Å². The van der Waals surface area contributed by atoms with Crippen LogP contribution in [-0.2, 0) is 4.79 Å². The summed E-state index contributed by atoms with van der Waals surface area (Å²) in [6.45, 7) is 0. The van der Waals surface area contributed by atoms with Gasteiger partial charge in [-0.15, -0.1) is 0 Å². The van der Waals surface area contributed by atoms with Crippen LogP contribution in [0.4, 0.5) is 5.69 Å². The smallest absolute Gasteiger partial charge is 0.313 e. The van der Waals surface area contributed by atoms with Gasteiger partial charge in [0.25, 0.3) is 0 Å². The van der Waals surface area contributed by atoms with Crippen molar-refractivity contribution < 1.29 is 14.3 Å². The second-order valence-electron chi connectivity index (χ2n) is 6.97. The fraction of sp³-hybridized carbons (Fsp3) is 0.227. The van der Waals surface area contributed by atoms with Gasteiger partial charge in [0.1, 0.15) is 10.8 Å². The number of aromatic nitrogens is 1. The van der Waals surface area contributed by atoms with Crippen molar-refractivity contribution in [2.45, 2.75) is 12.3 Å². The van der Waals surface area contributed by atoms with Gasteiger partial charge in [-0.1, -0.05) is 23.5 Å². The Hall–Kier alpha value is -3.19. The van der Waals surface area contributed by atoms with Gasteiger partial charge in [0, 0.05) is 31.3 Å². The number of rotatable bonds is 4. The molecule has 3 aromatic rings. The largest absolute Gasteiger partial charge is 0.497 e. The molecule has 1 aliphatic rings. The second kappa shape index (κ2) is 7.67. The molecule has 1 unspecified atom stereocenters. The lowest BCUT2D eigenvalue weighted by Gasteiger charge is -2.24. The maximum atomic E-state index is 13.0. The van der Waals surface area contributed by atoms with Crippen molar-refractivity contribution in [2.24, 2.45) is 0 Å². The molecule has 1 atom stereocenters. The van der Waals surface area contributed by atoms with E-state index in [4.69, 9.17) is 9.47 Å². The van der Waals surface area contributed by atoms with Crippen LogP contribution < -0.4 is 19.1 Å². The Morgan fingerprint density at radius 3 is 2.38 bits per heavy atom. The zero-order chi connectivity index (χ0) is 20.5. The van der Waals surface area contributed by atoms with Crippen LogP contribution in [0.2, 0.25) is 0 Å². The van der Waals surface area contributed by atoms with Crippen LogP contribution in [0.3, 0.4) is 0 Å². The molecule has 0 aliphatic carbocycles. The number of anilines is 1. The summed E-state index contributed by atoms with van der Waals surface area (Å²) in [6.07, 6.45) is 0.125. The van der Waals surface area contributed by atoms with E-state index in [1.54, 1.807) is 19.2 Å². The number of hydrogen-bond acceptors (Lipinski definition) is 7. The third-order valence-electron chi connectivity index (χ3n) is 4.92. The number of methoxy groups -OCH3 is 1. The monoisotopic (exact) mass is 408 g/mol. The molecular weight excluding hydrogens is 388 g/mol. The lowest BCUT2D eigenvalue weighted by molar-refractivity contribution is -0.135. The summed E-state index contributed by atoms with van der Waals surface area (Å²) in [5.74, 6) is 0.0795. The number of benzene rings is 2. The molecule has 29 heavy (non-hydrogen) atoms. The molecule has 0 saturated carbocycles. The van der Waals surface area contributed by atoms with Crippen molar-refractivity contribution >= 4 is 23.0 Å². The Morgan fingerprint density at radius 1 is 1.07 bits per heavy atom. The lowest BCUT2D eigenvalue weighted by Crippen LogP contribution is -2.26. The first kappa shape index (κ1) is 19.1. The maximum Gasteiger partial charge on any atom is 0.313 e. The maximum absolute atomic E-state index is 13.0. The van der Waals surface area contributed by atoms with Crippen molar-refractivity contribution in [3.05, 3.63) is 69.2 Å². The molecule has 0 saturated heterocycles. The third kappa shape index (κ3) is 3.73. The normalized spacial score (nSPS) is 15.4. The Balaban J connectivity index is 1.76. The molecule has 0 fully saturated rings. The van der Waals surface area contributed by atoms with Crippen molar-refractivity contribution in [1.82, 2.24) is 4.98 Å². The SMILES string of the molecule is COc1ccc(-c2nc3c(c(=O)s2)C(c2ccc(N(C)C)cc2)CC(=O)O3)cc1. The van der Waals surface area contributed by atoms with E-state index < -0.39 is 0 Å². The Morgan fingerprint density at radius 2 is 1.76 bits per heavy atom. The Labute approximate surface area is 172 Å². The van der Waals surface area contributed by atoms with E-state index in [0.29, 0.717) is 16.3 Å². The minimum Gasteiger partial charge on any atom is -0.497 e. The molecule has 0 amide bonds. The molecule has 0 radical (unpaired) electrons. The van der Waals surface area contributed by atoms with E-state index in [9.17, 15) is 9.59 Å². The average Bonchev–Trinajstić information content (AvgIpc) is 2.73. The minimum absolute atomic E-state index is 0.109. The van der Waals surface area contributed by atoms with E-state index in [0.717, 1.165) is 28.2 Å². The predicted molar refractivity (Wildman–Crippen MR) is 113 cm³/mol. The van der Waals surface area contributed by atoms with Gasteiger partial charge in [-0.3, -0.25) is 9.59 Å². The van der Waals surface area contributed by atoms with Gasteiger partial charge in [0.2, 0.25) is 10.6 Å². The van der Waals surface area contributed by atoms with Gasteiger partial charge in [-0.2, -0.15) is 0 Å². The molecule has 4 rings (SSSR count). The number of carbonyl (C=O) groups excluding carboxylic acids is 1. The quantitative estimate of drug-likeness (QED) is 0.614. The molecule has 0 spiro atoms. The molecule has 1 aliphatic heterocycles. The summed E-state index contributed by atoms with van der Waals surface area (Å²) in [5, 5.41) is 0.507. The first-order valence-electron chi connectivity index (χ1n) is 9.13. The summed E-state index contributed by atoms with van der Waals surface area (Å²) >= 11 is 1.06. The highest BCUT2D eigenvalue weighted by molar-refractivity contribution is 7.12. The Bertz CT molecular complexity index is 1110. The van der Waals surface area contributed by atoms with Crippen LogP contribution in [0.15, 0.2) is 53.3 Å². The summed E-state index contributed by atoms with van der Waals surface area (Å²) in [4.78, 5) is 31.7. The van der Waals surface area contributed by atoms with Crippen molar-refractivity contribution in [2.75, 3.05) is 26.1 Å². The summed E-state index contributed by atoms with van der Waals surface area (Å²) in [5.41, 5.74) is 3.16. The predicted octanol–water partition coefficient (Wildman–Crippen LogP) is 3.69. The highest BCUT2D eigenvalue weighted by Gasteiger charge is 2.33. The van der Waals surface area contributed by atoms with Crippen molar-refractivity contribution in [1.29, 1.82) is 0 Å². The fourth-order valence-corrected chi connectivity index (χ4v) is 4.24. The van der Waals surface area contributed by atoms with Gasteiger partial charge in [0.05, 0.1) is 19.1 Å². The van der Waals surface area contributed by atoms with Crippen LogP contribution in [0.5, 0.6) is 11.6 Å². The van der Waals surface area contributed by atoms with E-state index >= 15 is 0 Å². The number of fused-ring (bicyclic) bond motifs is 1. The van der Waals surface area contributed by atoms with Gasteiger partial charge < -0.3 is 14.4 Å². The minimum atomic E-state index is -0.386. The number of nitrogens with zero attached hydrogens (tertiary/aromatic N) is 2. The molecule has 2 aromatic carbocycles. The van der Waals surface area contributed by atoms with E-state index in [1.807, 2.05) is 55.4 Å². The Kier molecular flexibility index (Phi) is 5.07. The highest BCUT2D eigenvalue weighted by Crippen LogP contribution is 2.38. The molecular formula is C22H20N2O4S. The number of carbonyl (C=O) groups is 1. The number of ether oxygens (including phenoxy) is 2. The van der Waals surface area contributed by atoms with E-state index in [1.165, 1.54) is 0 Å². The van der Waals surface area contributed by atoms with E-state index in [-0.39, 0.29) is 28.9 Å². The van der Waals surface area contributed by atoms with Crippen LogP contribution in [0.25, 0.3) is 10.6 Å². The molecule has 2 heterocycles. The second-order valence-corrected chi connectivity index (χ2v) is 7.93. The standard InChI is InChI=1S/C22H20N2O4S/c1-24(2)15-8-4-13(5-9-15)17-12-18(25)28-20-19(17)22(26)29-21(23-20)14-6-10-16(27-3)11-7-14/h4-11,17H,12H2,1-3H3. The van der Waals surface area contributed by atoms with Crippen LogP contribution in [0, 0.1) is 0 Å². The van der Waals surface area contributed by atoms with Gasteiger partial charge >= 0.3 is 5.97 Å².